The van der Waals surface area contributed by atoms with Gasteiger partial charge in [0.2, 0.25) is 0 Å². The molecule has 1 amide bonds. The van der Waals surface area contributed by atoms with Crippen molar-refractivity contribution in [2.45, 2.75) is 13.5 Å². The van der Waals surface area contributed by atoms with Crippen molar-refractivity contribution in [1.82, 2.24) is 5.16 Å². The standard InChI is InChI=1S/C15H13N3O4/c1-9-13(7-17-22-9)14(20)12(6-16)15(21)18-11-4-2-3-10(5-11)8-19/h2-5,7,19-20H,8H2,1H3,(H,18,21)/b14-12-. The van der Waals surface area contributed by atoms with Crippen LogP contribution >= 0.6 is 0 Å². The highest BCUT2D eigenvalue weighted by Crippen LogP contribution is 2.20. The summed E-state index contributed by atoms with van der Waals surface area (Å²) >= 11 is 0. The van der Waals surface area contributed by atoms with Crippen LogP contribution in [0.1, 0.15) is 16.9 Å². The van der Waals surface area contributed by atoms with Crippen LogP contribution in [0.2, 0.25) is 0 Å². The van der Waals surface area contributed by atoms with Gasteiger partial charge in [0, 0.05) is 5.69 Å². The van der Waals surface area contributed by atoms with Gasteiger partial charge in [0.05, 0.1) is 18.4 Å². The lowest BCUT2D eigenvalue weighted by molar-refractivity contribution is -0.112. The summed E-state index contributed by atoms with van der Waals surface area (Å²) in [4.78, 5) is 12.1. The van der Waals surface area contributed by atoms with Gasteiger partial charge in [0.15, 0.2) is 11.3 Å². The molecule has 0 spiro atoms. The molecule has 22 heavy (non-hydrogen) atoms. The first-order valence-electron chi connectivity index (χ1n) is 6.33. The molecule has 0 radical (unpaired) electrons. The summed E-state index contributed by atoms with van der Waals surface area (Å²) in [6, 6.07) is 8.18. The number of anilines is 1. The van der Waals surface area contributed by atoms with Crippen molar-refractivity contribution in [3.63, 3.8) is 0 Å². The summed E-state index contributed by atoms with van der Waals surface area (Å²) in [6.07, 6.45) is 1.22. The van der Waals surface area contributed by atoms with Crippen molar-refractivity contribution in [3.8, 4) is 6.07 Å². The fraction of sp³-hybridized carbons (Fsp3) is 0.133. The minimum Gasteiger partial charge on any atom is -0.506 e. The number of aliphatic hydroxyl groups is 2. The maximum Gasteiger partial charge on any atom is 0.270 e. The average Bonchev–Trinajstić information content (AvgIpc) is 2.94. The molecule has 0 unspecified atom stereocenters. The van der Waals surface area contributed by atoms with Gasteiger partial charge in [-0.3, -0.25) is 4.79 Å². The predicted octanol–water partition coefficient (Wildman–Crippen LogP) is 1.91. The van der Waals surface area contributed by atoms with E-state index in [1.54, 1.807) is 37.3 Å². The van der Waals surface area contributed by atoms with Crippen LogP contribution in [0.15, 0.2) is 40.6 Å². The van der Waals surface area contributed by atoms with Crippen LogP contribution in [-0.4, -0.2) is 21.3 Å². The lowest BCUT2D eigenvalue weighted by Crippen LogP contribution is -2.15. The van der Waals surface area contributed by atoms with Gasteiger partial charge in [-0.25, -0.2) is 0 Å². The number of aromatic nitrogens is 1. The van der Waals surface area contributed by atoms with Gasteiger partial charge in [0.1, 0.15) is 11.8 Å². The zero-order valence-corrected chi connectivity index (χ0v) is 11.7. The Morgan fingerprint density at radius 2 is 2.27 bits per heavy atom. The normalized spacial score (nSPS) is 11.5. The summed E-state index contributed by atoms with van der Waals surface area (Å²) in [5.41, 5.74) is 0.732. The van der Waals surface area contributed by atoms with E-state index in [0.717, 1.165) is 0 Å². The molecule has 1 aromatic heterocycles. The third-order valence-corrected chi connectivity index (χ3v) is 2.95. The number of nitrogens with zero attached hydrogens (tertiary/aromatic N) is 2. The first kappa shape index (κ1) is 15.3. The Hall–Kier alpha value is -3.11. The van der Waals surface area contributed by atoms with Crippen molar-refractivity contribution in [1.29, 1.82) is 5.26 Å². The van der Waals surface area contributed by atoms with Crippen LogP contribution in [-0.2, 0) is 11.4 Å². The van der Waals surface area contributed by atoms with Crippen molar-refractivity contribution in [2.75, 3.05) is 5.32 Å². The molecule has 2 aromatic rings. The number of hydrogen-bond acceptors (Lipinski definition) is 6. The molecule has 0 saturated heterocycles. The Morgan fingerprint density at radius 1 is 1.50 bits per heavy atom. The van der Waals surface area contributed by atoms with Crippen LogP contribution in [0.25, 0.3) is 5.76 Å². The zero-order valence-electron chi connectivity index (χ0n) is 11.7. The van der Waals surface area contributed by atoms with Gasteiger partial charge in [-0.05, 0) is 24.6 Å². The lowest BCUT2D eigenvalue weighted by Gasteiger charge is -2.07. The molecule has 7 heteroatoms. The topological polar surface area (TPSA) is 119 Å². The van der Waals surface area contributed by atoms with Gasteiger partial charge >= 0.3 is 0 Å². The van der Waals surface area contributed by atoms with Crippen LogP contribution in [0.4, 0.5) is 5.69 Å². The molecule has 112 valence electrons. The summed E-state index contributed by atoms with van der Waals surface area (Å²) in [5, 5.41) is 34.2. The molecule has 7 nitrogen and oxygen atoms in total. The van der Waals surface area contributed by atoms with Gasteiger partial charge in [-0.1, -0.05) is 17.3 Å². The second-order valence-electron chi connectivity index (χ2n) is 4.44. The van der Waals surface area contributed by atoms with E-state index in [-0.39, 0.29) is 12.2 Å². The van der Waals surface area contributed by atoms with E-state index in [9.17, 15) is 9.90 Å². The molecular weight excluding hydrogens is 286 g/mol. The van der Waals surface area contributed by atoms with E-state index in [1.807, 2.05) is 0 Å². The SMILES string of the molecule is Cc1oncc1/C(O)=C(\C#N)C(=O)Nc1cccc(CO)c1. The third kappa shape index (κ3) is 3.13. The maximum absolute atomic E-state index is 12.1. The molecule has 0 saturated carbocycles. The maximum atomic E-state index is 12.1. The van der Waals surface area contributed by atoms with Gasteiger partial charge in [0.25, 0.3) is 5.91 Å². The summed E-state index contributed by atoms with van der Waals surface area (Å²) < 4.78 is 4.80. The van der Waals surface area contributed by atoms with Gasteiger partial charge in [-0.2, -0.15) is 5.26 Å². The van der Waals surface area contributed by atoms with Crippen molar-refractivity contribution < 1.29 is 19.5 Å². The molecule has 0 atom stereocenters. The van der Waals surface area contributed by atoms with E-state index in [4.69, 9.17) is 14.9 Å². The van der Waals surface area contributed by atoms with E-state index >= 15 is 0 Å². The minimum atomic E-state index is -0.768. The van der Waals surface area contributed by atoms with Crippen LogP contribution in [0, 0.1) is 18.3 Å². The molecule has 1 heterocycles. The second-order valence-corrected chi connectivity index (χ2v) is 4.44. The van der Waals surface area contributed by atoms with Crippen LogP contribution in [0.3, 0.4) is 0 Å². The number of hydrogen-bond donors (Lipinski definition) is 3. The predicted molar refractivity (Wildman–Crippen MR) is 77.4 cm³/mol. The minimum absolute atomic E-state index is 0.171. The molecule has 2 rings (SSSR count). The third-order valence-electron chi connectivity index (χ3n) is 2.95. The monoisotopic (exact) mass is 299 g/mol. The highest BCUT2D eigenvalue weighted by Gasteiger charge is 2.19. The molecule has 3 N–H and O–H groups in total. The first-order chi connectivity index (χ1) is 10.6. The van der Waals surface area contributed by atoms with E-state index in [0.29, 0.717) is 17.0 Å². The number of carbonyl (C=O) groups excluding carboxylic acids is 1. The summed E-state index contributed by atoms with van der Waals surface area (Å²) in [7, 11) is 0. The summed E-state index contributed by atoms with van der Waals surface area (Å²) in [5.74, 6) is -0.979. The number of rotatable bonds is 4. The van der Waals surface area contributed by atoms with Gasteiger partial charge < -0.3 is 20.1 Å². The Balaban J connectivity index is 2.30. The molecule has 0 fully saturated rings. The molecule has 0 aliphatic heterocycles. The first-order valence-corrected chi connectivity index (χ1v) is 6.33. The number of nitrogens with one attached hydrogen (secondary N) is 1. The Labute approximate surface area is 126 Å². The van der Waals surface area contributed by atoms with Gasteiger partial charge in [-0.15, -0.1) is 0 Å². The molecule has 0 aliphatic carbocycles. The smallest absolute Gasteiger partial charge is 0.270 e. The number of amides is 1. The van der Waals surface area contributed by atoms with Crippen molar-refractivity contribution in [2.24, 2.45) is 0 Å². The quantitative estimate of drug-likeness (QED) is 0.450. The van der Waals surface area contributed by atoms with Crippen molar-refractivity contribution >= 4 is 17.4 Å². The van der Waals surface area contributed by atoms with E-state index in [1.165, 1.54) is 6.20 Å². The van der Waals surface area contributed by atoms with Crippen LogP contribution < -0.4 is 5.32 Å². The fourth-order valence-electron chi connectivity index (χ4n) is 1.81. The lowest BCUT2D eigenvalue weighted by atomic mass is 10.1. The number of aliphatic hydroxyl groups excluding tert-OH is 2. The largest absolute Gasteiger partial charge is 0.506 e. The van der Waals surface area contributed by atoms with E-state index < -0.39 is 17.2 Å². The molecule has 0 bridgehead atoms. The Kier molecular flexibility index (Phi) is 4.56. The second kappa shape index (κ2) is 6.56. The van der Waals surface area contributed by atoms with Crippen LogP contribution in [0.5, 0.6) is 0 Å². The highest BCUT2D eigenvalue weighted by atomic mass is 16.5. The number of carbonyl (C=O) groups is 1. The molecule has 1 aromatic carbocycles. The highest BCUT2D eigenvalue weighted by molar-refractivity contribution is 6.11. The number of benzene rings is 1. The fourth-order valence-corrected chi connectivity index (χ4v) is 1.81. The van der Waals surface area contributed by atoms with E-state index in [2.05, 4.69) is 10.5 Å². The molecular formula is C15H13N3O4. The number of nitriles is 1. The number of aryl methyl sites for hydroxylation is 1. The Morgan fingerprint density at radius 3 is 2.86 bits per heavy atom. The summed E-state index contributed by atoms with van der Waals surface area (Å²) in [6.45, 7) is 1.38. The zero-order chi connectivity index (χ0) is 16.1. The van der Waals surface area contributed by atoms with Crippen molar-refractivity contribution in [3.05, 3.63) is 52.9 Å². The molecule has 0 aliphatic rings. The Bertz CT molecular complexity index is 771. The average molecular weight is 299 g/mol.